The van der Waals surface area contributed by atoms with Crippen LogP contribution in [0.1, 0.15) is 18.1 Å². The largest absolute Gasteiger partial charge is 0.487 e. The van der Waals surface area contributed by atoms with Gasteiger partial charge in [0.05, 0.1) is 12.0 Å². The lowest BCUT2D eigenvalue weighted by Gasteiger charge is -2.13. The zero-order chi connectivity index (χ0) is 20.1. The summed E-state index contributed by atoms with van der Waals surface area (Å²) >= 11 is 6.00. The van der Waals surface area contributed by atoms with Gasteiger partial charge in [0.2, 0.25) is 0 Å². The molecular weight excluding hydrogens is 598 g/mol. The minimum atomic E-state index is -0.181. The number of nitrogens with one attached hydrogen (secondary N) is 2. The molecule has 1 atom stereocenters. The second-order valence-corrected chi connectivity index (χ2v) is 9.56. The van der Waals surface area contributed by atoms with Crippen LogP contribution in [0.15, 0.2) is 54.0 Å². The molecule has 0 radical (unpaired) electrons. The number of carbonyl (C=O) groups is 1. The molecule has 1 fully saturated rings. The van der Waals surface area contributed by atoms with Crippen molar-refractivity contribution in [1.82, 2.24) is 5.32 Å². The topological polar surface area (TPSA) is 50.4 Å². The van der Waals surface area contributed by atoms with Crippen LogP contribution in [0.3, 0.4) is 0 Å². The Kier molecular flexibility index (Phi) is 7.69. The zero-order valence-electron chi connectivity index (χ0n) is 15.3. The van der Waals surface area contributed by atoms with Crippen LogP contribution in [0.4, 0.5) is 5.69 Å². The van der Waals surface area contributed by atoms with Crippen molar-refractivity contribution in [3.8, 4) is 5.75 Å². The van der Waals surface area contributed by atoms with Gasteiger partial charge in [0.1, 0.15) is 12.4 Å². The number of thioether (sulfide) groups is 1. The fourth-order valence-corrected chi connectivity index (χ4v) is 5.76. The van der Waals surface area contributed by atoms with E-state index in [4.69, 9.17) is 4.74 Å². The minimum absolute atomic E-state index is 0.0651. The molecule has 1 aliphatic heterocycles. The molecule has 0 bridgehead atoms. The molecule has 2 aromatic carbocycles. The summed E-state index contributed by atoms with van der Waals surface area (Å²) in [5, 5.41) is 6.33. The van der Waals surface area contributed by atoms with Crippen molar-refractivity contribution in [3.05, 3.63) is 72.2 Å². The van der Waals surface area contributed by atoms with Gasteiger partial charge in [-0.15, -0.1) is 0 Å². The maximum absolute atomic E-state index is 12.4. The number of halogens is 2. The van der Waals surface area contributed by atoms with E-state index in [1.54, 1.807) is 6.08 Å². The highest BCUT2D eigenvalue weighted by Gasteiger charge is 2.27. The van der Waals surface area contributed by atoms with Gasteiger partial charge in [-0.25, -0.2) is 0 Å². The van der Waals surface area contributed by atoms with Crippen LogP contribution in [0.5, 0.6) is 5.75 Å². The van der Waals surface area contributed by atoms with E-state index < -0.39 is 0 Å². The molecule has 1 heterocycles. The Bertz CT molecular complexity index is 890. The highest BCUT2D eigenvalue weighted by Crippen LogP contribution is 2.33. The van der Waals surface area contributed by atoms with Crippen LogP contribution >= 0.6 is 56.9 Å². The Morgan fingerprint density at radius 1 is 1.25 bits per heavy atom. The maximum Gasteiger partial charge on any atom is 0.260 e. The molecule has 2 aromatic rings. The molecule has 4 nitrogen and oxygen atoms in total. The first kappa shape index (κ1) is 21.5. The van der Waals surface area contributed by atoms with E-state index in [1.165, 1.54) is 17.3 Å². The van der Waals surface area contributed by atoms with Crippen LogP contribution in [0.25, 0.3) is 6.08 Å². The Morgan fingerprint density at radius 3 is 2.54 bits per heavy atom. The molecule has 28 heavy (non-hydrogen) atoms. The molecule has 3 rings (SSSR count). The third-order valence-electron chi connectivity index (χ3n) is 4.05. The fraction of sp³-hybridized carbons (Fsp3) is 0.190. The molecule has 0 unspecified atom stereocenters. The SMILES string of the molecule is C=CCOc1c(I)cc(/C=C2\S[C@@H](Nc3ccc(CC)cc3)NC2=O)cc1I. The van der Waals surface area contributed by atoms with Crippen molar-refractivity contribution >= 4 is 74.6 Å². The predicted octanol–water partition coefficient (Wildman–Crippen LogP) is 5.62. The van der Waals surface area contributed by atoms with Gasteiger partial charge >= 0.3 is 0 Å². The summed E-state index contributed by atoms with van der Waals surface area (Å²) in [6, 6.07) is 12.3. The van der Waals surface area contributed by atoms with Crippen molar-refractivity contribution in [2.24, 2.45) is 0 Å². The van der Waals surface area contributed by atoms with Crippen LogP contribution in [-0.4, -0.2) is 18.0 Å². The number of carbonyl (C=O) groups excluding carboxylic acids is 1. The number of rotatable bonds is 7. The van der Waals surface area contributed by atoms with Crippen LogP contribution in [0, 0.1) is 7.14 Å². The molecule has 0 spiro atoms. The van der Waals surface area contributed by atoms with Gasteiger partial charge in [0, 0.05) is 5.69 Å². The molecule has 1 amide bonds. The summed E-state index contributed by atoms with van der Waals surface area (Å²) < 4.78 is 7.73. The molecule has 2 N–H and O–H groups in total. The van der Waals surface area contributed by atoms with E-state index in [9.17, 15) is 4.79 Å². The van der Waals surface area contributed by atoms with Crippen molar-refractivity contribution in [3.63, 3.8) is 0 Å². The number of benzene rings is 2. The average molecular weight is 618 g/mol. The van der Waals surface area contributed by atoms with Crippen molar-refractivity contribution in [2.75, 3.05) is 11.9 Å². The standard InChI is InChI=1S/C21H20I2N2O2S/c1-3-9-27-19-16(22)10-14(11-17(19)23)12-18-20(26)25-21(28-18)24-15-7-5-13(4-2)6-8-15/h3,5-8,10-12,21,24H,1,4,9H2,2H3,(H,25,26)/b18-12-/t21-/m0/s1. The summed E-state index contributed by atoms with van der Waals surface area (Å²) in [6.45, 7) is 6.28. The van der Waals surface area contributed by atoms with Gasteiger partial charge in [-0.1, -0.05) is 43.5 Å². The van der Waals surface area contributed by atoms with E-state index in [2.05, 4.69) is 81.5 Å². The van der Waals surface area contributed by atoms with Crippen LogP contribution in [0.2, 0.25) is 0 Å². The first-order chi connectivity index (χ1) is 13.5. The number of aryl methyl sites for hydroxylation is 1. The van der Waals surface area contributed by atoms with E-state index in [-0.39, 0.29) is 11.4 Å². The zero-order valence-corrected chi connectivity index (χ0v) is 20.4. The van der Waals surface area contributed by atoms with Gasteiger partial charge < -0.3 is 15.4 Å². The molecule has 0 aliphatic carbocycles. The minimum Gasteiger partial charge on any atom is -0.487 e. The Labute approximate surface area is 196 Å². The normalized spacial score (nSPS) is 17.5. The quantitative estimate of drug-likeness (QED) is 0.241. The lowest BCUT2D eigenvalue weighted by molar-refractivity contribution is -0.116. The molecule has 7 heteroatoms. The number of anilines is 1. The van der Waals surface area contributed by atoms with Crippen molar-refractivity contribution < 1.29 is 9.53 Å². The van der Waals surface area contributed by atoms with E-state index in [0.29, 0.717) is 11.5 Å². The number of hydrogen-bond donors (Lipinski definition) is 2. The third kappa shape index (κ3) is 5.44. The summed E-state index contributed by atoms with van der Waals surface area (Å²) in [5.74, 6) is 0.784. The Hall–Kier alpha value is -1.20. The maximum atomic E-state index is 12.4. The Balaban J connectivity index is 1.72. The van der Waals surface area contributed by atoms with Gasteiger partial charge in [0.15, 0.2) is 5.50 Å². The predicted molar refractivity (Wildman–Crippen MR) is 135 cm³/mol. The lowest BCUT2D eigenvalue weighted by Crippen LogP contribution is -2.30. The molecule has 1 saturated heterocycles. The summed E-state index contributed by atoms with van der Waals surface area (Å²) in [4.78, 5) is 13.1. The summed E-state index contributed by atoms with van der Waals surface area (Å²) in [6.07, 6.45) is 4.66. The molecule has 146 valence electrons. The monoisotopic (exact) mass is 618 g/mol. The highest BCUT2D eigenvalue weighted by atomic mass is 127. The second-order valence-electron chi connectivity index (χ2n) is 6.09. The molecular formula is C21H20I2N2O2S. The average Bonchev–Trinajstić information content (AvgIpc) is 3.00. The van der Waals surface area contributed by atoms with E-state index in [0.717, 1.165) is 30.6 Å². The number of amides is 1. The number of hydrogen-bond acceptors (Lipinski definition) is 4. The van der Waals surface area contributed by atoms with Crippen LogP contribution < -0.4 is 15.4 Å². The van der Waals surface area contributed by atoms with Crippen molar-refractivity contribution in [1.29, 1.82) is 0 Å². The van der Waals surface area contributed by atoms with Gasteiger partial charge in [-0.3, -0.25) is 4.79 Å². The molecule has 1 aliphatic rings. The fourth-order valence-electron chi connectivity index (χ4n) is 2.65. The van der Waals surface area contributed by atoms with Crippen LogP contribution in [-0.2, 0) is 11.2 Å². The van der Waals surface area contributed by atoms with Crippen molar-refractivity contribution in [2.45, 2.75) is 18.8 Å². The second kappa shape index (κ2) is 10.0. The molecule has 0 aromatic heterocycles. The number of ether oxygens (including phenoxy) is 1. The van der Waals surface area contributed by atoms with Gasteiger partial charge in [-0.05, 0) is 93.1 Å². The molecule has 0 saturated carbocycles. The lowest BCUT2D eigenvalue weighted by atomic mass is 10.1. The third-order valence-corrected chi connectivity index (χ3v) is 6.69. The summed E-state index contributed by atoms with van der Waals surface area (Å²) in [5.41, 5.74) is 3.08. The van der Waals surface area contributed by atoms with Gasteiger partial charge in [-0.2, -0.15) is 0 Å². The van der Waals surface area contributed by atoms with Gasteiger partial charge in [0.25, 0.3) is 5.91 Å². The summed E-state index contributed by atoms with van der Waals surface area (Å²) in [7, 11) is 0. The first-order valence-corrected chi connectivity index (χ1v) is 11.8. The highest BCUT2D eigenvalue weighted by molar-refractivity contribution is 14.1. The smallest absolute Gasteiger partial charge is 0.260 e. The Morgan fingerprint density at radius 2 is 1.93 bits per heavy atom. The first-order valence-electron chi connectivity index (χ1n) is 8.77. The van der Waals surface area contributed by atoms with E-state index in [1.807, 2.05) is 30.3 Å². The van der Waals surface area contributed by atoms with E-state index >= 15 is 0 Å².